The van der Waals surface area contributed by atoms with Crippen LogP contribution in [0.25, 0.3) is 22.3 Å². The van der Waals surface area contributed by atoms with Gasteiger partial charge in [-0.05, 0) is 63.3 Å². The Morgan fingerprint density at radius 2 is 2.03 bits per heavy atom. The maximum absolute atomic E-state index is 12.6. The highest BCUT2D eigenvalue weighted by Gasteiger charge is 2.29. The number of carbonyl (C=O) groups is 1. The molecule has 1 saturated heterocycles. The normalized spacial score (nSPS) is 17.2. The first kappa shape index (κ1) is 21.9. The van der Waals surface area contributed by atoms with E-state index in [0.29, 0.717) is 24.7 Å². The van der Waals surface area contributed by atoms with Gasteiger partial charge in [-0.25, -0.2) is 9.78 Å². The third-order valence-corrected chi connectivity index (χ3v) is 5.88. The summed E-state index contributed by atoms with van der Waals surface area (Å²) in [4.78, 5) is 23.0. The Hall–Kier alpha value is -2.31. The van der Waals surface area contributed by atoms with E-state index in [4.69, 9.17) is 27.9 Å². The van der Waals surface area contributed by atoms with Gasteiger partial charge in [0.15, 0.2) is 0 Å². The standard InChI is InChI=1S/C23H26Cl2N4O2/c1-23(2,3)31-22(30)28-10-6-7-15(13-28)14-29-19(17-8-4-5-9-18(17)24)11-16-12-26-21(25)27-20(16)29/h4-5,8-9,11-12,15H,6-7,10,13-14H2,1-3H3/t15-/m0/s1. The number of benzene rings is 1. The van der Waals surface area contributed by atoms with E-state index in [-0.39, 0.29) is 17.3 Å². The monoisotopic (exact) mass is 460 g/mol. The van der Waals surface area contributed by atoms with Crippen LogP contribution >= 0.6 is 23.2 Å². The molecule has 1 aromatic carbocycles. The Kier molecular flexibility index (Phi) is 6.13. The van der Waals surface area contributed by atoms with Gasteiger partial charge in [-0.15, -0.1) is 0 Å². The number of hydrogen-bond acceptors (Lipinski definition) is 4. The molecule has 3 heterocycles. The molecule has 1 atom stereocenters. The molecule has 1 amide bonds. The van der Waals surface area contributed by atoms with Gasteiger partial charge in [0, 0.05) is 41.8 Å². The second-order valence-corrected chi connectivity index (χ2v) is 9.72. The van der Waals surface area contributed by atoms with E-state index in [1.165, 1.54) is 0 Å². The predicted molar refractivity (Wildman–Crippen MR) is 124 cm³/mol. The zero-order chi connectivity index (χ0) is 22.2. The fourth-order valence-electron chi connectivity index (χ4n) is 4.06. The van der Waals surface area contributed by atoms with Crippen molar-refractivity contribution in [2.75, 3.05) is 13.1 Å². The molecule has 8 heteroatoms. The minimum Gasteiger partial charge on any atom is -0.444 e. The number of piperidine rings is 1. The summed E-state index contributed by atoms with van der Waals surface area (Å²) in [5.74, 6) is 0.256. The van der Waals surface area contributed by atoms with Crippen LogP contribution in [0.3, 0.4) is 0 Å². The smallest absolute Gasteiger partial charge is 0.410 e. The van der Waals surface area contributed by atoms with E-state index in [0.717, 1.165) is 35.1 Å². The predicted octanol–water partition coefficient (Wildman–Crippen LogP) is 6.05. The summed E-state index contributed by atoms with van der Waals surface area (Å²) < 4.78 is 7.73. The number of ether oxygens (including phenoxy) is 1. The Balaban J connectivity index is 1.66. The first-order valence-corrected chi connectivity index (χ1v) is 11.2. The first-order valence-electron chi connectivity index (χ1n) is 10.5. The lowest BCUT2D eigenvalue weighted by Crippen LogP contribution is -2.43. The fraction of sp³-hybridized carbons (Fsp3) is 0.435. The SMILES string of the molecule is CC(C)(C)OC(=O)N1CCC[C@H](Cn2c(-c3ccccc3Cl)cc3cnc(Cl)nc32)C1. The minimum atomic E-state index is -0.508. The number of carbonyl (C=O) groups excluding carboxylic acids is 1. The summed E-state index contributed by atoms with van der Waals surface area (Å²) in [6, 6.07) is 9.79. The van der Waals surface area contributed by atoms with Crippen LogP contribution in [0.2, 0.25) is 10.3 Å². The van der Waals surface area contributed by atoms with E-state index >= 15 is 0 Å². The summed E-state index contributed by atoms with van der Waals surface area (Å²) in [7, 11) is 0. The van der Waals surface area contributed by atoms with Crippen LogP contribution in [0.5, 0.6) is 0 Å². The van der Waals surface area contributed by atoms with E-state index in [9.17, 15) is 4.79 Å². The number of fused-ring (bicyclic) bond motifs is 1. The molecule has 0 N–H and O–H groups in total. The molecule has 3 aromatic rings. The van der Waals surface area contributed by atoms with E-state index in [1.807, 2.05) is 56.0 Å². The van der Waals surface area contributed by atoms with Crippen LogP contribution in [0.15, 0.2) is 36.5 Å². The topological polar surface area (TPSA) is 60.2 Å². The van der Waals surface area contributed by atoms with Crippen molar-refractivity contribution in [2.24, 2.45) is 5.92 Å². The van der Waals surface area contributed by atoms with Gasteiger partial charge in [-0.1, -0.05) is 29.8 Å². The number of hydrogen-bond donors (Lipinski definition) is 0. The third kappa shape index (κ3) is 4.96. The molecule has 2 aromatic heterocycles. The minimum absolute atomic E-state index is 0.205. The molecule has 4 rings (SSSR count). The maximum atomic E-state index is 12.6. The number of amides is 1. The number of likely N-dealkylation sites (tertiary alicyclic amines) is 1. The first-order chi connectivity index (χ1) is 14.7. The summed E-state index contributed by atoms with van der Waals surface area (Å²) in [6.45, 7) is 7.70. The largest absolute Gasteiger partial charge is 0.444 e. The molecule has 164 valence electrons. The highest BCUT2D eigenvalue weighted by Crippen LogP contribution is 2.34. The van der Waals surface area contributed by atoms with Crippen LogP contribution in [0, 0.1) is 5.92 Å². The molecular weight excluding hydrogens is 435 g/mol. The Labute approximate surface area is 192 Å². The van der Waals surface area contributed by atoms with Gasteiger partial charge in [0.25, 0.3) is 0 Å². The lowest BCUT2D eigenvalue weighted by atomic mass is 9.98. The molecule has 0 unspecified atom stereocenters. The van der Waals surface area contributed by atoms with Crippen LogP contribution in [-0.2, 0) is 11.3 Å². The molecule has 1 aliphatic rings. The quantitative estimate of drug-likeness (QED) is 0.446. The fourth-order valence-corrected chi connectivity index (χ4v) is 4.42. The van der Waals surface area contributed by atoms with E-state index in [2.05, 4.69) is 14.5 Å². The van der Waals surface area contributed by atoms with Crippen molar-refractivity contribution in [2.45, 2.75) is 45.8 Å². The second-order valence-electron chi connectivity index (χ2n) is 8.97. The third-order valence-electron chi connectivity index (χ3n) is 5.37. The number of rotatable bonds is 3. The molecule has 0 aliphatic carbocycles. The molecule has 6 nitrogen and oxygen atoms in total. The molecule has 31 heavy (non-hydrogen) atoms. The highest BCUT2D eigenvalue weighted by molar-refractivity contribution is 6.33. The summed E-state index contributed by atoms with van der Waals surface area (Å²) in [5, 5.41) is 1.78. The van der Waals surface area contributed by atoms with Crippen molar-refractivity contribution in [3.63, 3.8) is 0 Å². The lowest BCUT2D eigenvalue weighted by molar-refractivity contribution is 0.0158. The van der Waals surface area contributed by atoms with Gasteiger partial charge in [0.05, 0.1) is 5.69 Å². The van der Waals surface area contributed by atoms with Crippen molar-refractivity contribution < 1.29 is 9.53 Å². The summed E-state index contributed by atoms with van der Waals surface area (Å²) >= 11 is 12.6. The maximum Gasteiger partial charge on any atom is 0.410 e. The molecule has 1 aliphatic heterocycles. The van der Waals surface area contributed by atoms with Gasteiger partial charge in [0.2, 0.25) is 5.28 Å². The van der Waals surface area contributed by atoms with Gasteiger partial charge < -0.3 is 14.2 Å². The van der Waals surface area contributed by atoms with Crippen LogP contribution in [-0.4, -0.2) is 44.2 Å². The average molecular weight is 461 g/mol. The zero-order valence-corrected chi connectivity index (χ0v) is 19.5. The zero-order valence-electron chi connectivity index (χ0n) is 17.9. The van der Waals surface area contributed by atoms with Gasteiger partial charge in [-0.2, -0.15) is 4.98 Å². The van der Waals surface area contributed by atoms with Crippen molar-refractivity contribution in [3.8, 4) is 11.3 Å². The Morgan fingerprint density at radius 3 is 2.77 bits per heavy atom. The van der Waals surface area contributed by atoms with Crippen molar-refractivity contribution >= 4 is 40.3 Å². The van der Waals surface area contributed by atoms with E-state index in [1.54, 1.807) is 6.20 Å². The van der Waals surface area contributed by atoms with Crippen molar-refractivity contribution in [1.29, 1.82) is 0 Å². The van der Waals surface area contributed by atoms with Crippen LogP contribution in [0.4, 0.5) is 4.79 Å². The molecule has 0 bridgehead atoms. The van der Waals surface area contributed by atoms with Gasteiger partial charge >= 0.3 is 6.09 Å². The molecule has 0 saturated carbocycles. The Morgan fingerprint density at radius 1 is 1.26 bits per heavy atom. The molecule has 1 fully saturated rings. The Bertz CT molecular complexity index is 1110. The molecule has 0 spiro atoms. The van der Waals surface area contributed by atoms with Crippen molar-refractivity contribution in [1.82, 2.24) is 19.4 Å². The summed E-state index contributed by atoms with van der Waals surface area (Å²) in [5.41, 5.74) is 2.15. The van der Waals surface area contributed by atoms with Gasteiger partial charge in [-0.3, -0.25) is 0 Å². The average Bonchev–Trinajstić information content (AvgIpc) is 3.05. The van der Waals surface area contributed by atoms with Gasteiger partial charge in [0.1, 0.15) is 11.2 Å². The lowest BCUT2D eigenvalue weighted by Gasteiger charge is -2.34. The summed E-state index contributed by atoms with van der Waals surface area (Å²) in [6.07, 6.45) is 3.42. The van der Waals surface area contributed by atoms with Crippen LogP contribution < -0.4 is 0 Å². The second kappa shape index (κ2) is 8.67. The highest BCUT2D eigenvalue weighted by atomic mass is 35.5. The molecular formula is C23H26Cl2N4O2. The van der Waals surface area contributed by atoms with E-state index < -0.39 is 5.60 Å². The molecule has 0 radical (unpaired) electrons. The van der Waals surface area contributed by atoms with Crippen LogP contribution in [0.1, 0.15) is 33.6 Å². The van der Waals surface area contributed by atoms with Crippen molar-refractivity contribution in [3.05, 3.63) is 46.8 Å². The number of nitrogens with zero attached hydrogens (tertiary/aromatic N) is 4. The number of halogens is 2. The number of aromatic nitrogens is 3.